The van der Waals surface area contributed by atoms with Gasteiger partial charge in [-0.25, -0.2) is 4.39 Å². The van der Waals surface area contributed by atoms with Crippen LogP contribution in [0.5, 0.6) is 0 Å². The van der Waals surface area contributed by atoms with Crippen molar-refractivity contribution in [1.82, 2.24) is 4.90 Å². The van der Waals surface area contributed by atoms with Crippen LogP contribution in [0.3, 0.4) is 0 Å². The number of nitrogens with two attached hydrogens (primary N) is 1. The second kappa shape index (κ2) is 9.16. The number of carbonyl (C=O) groups excluding carboxylic acids is 1. The van der Waals surface area contributed by atoms with E-state index in [9.17, 15) is 9.18 Å². The molecule has 1 amide bonds. The monoisotopic (exact) mass is 386 g/mol. The van der Waals surface area contributed by atoms with Crippen LogP contribution in [0.2, 0.25) is 0 Å². The lowest BCUT2D eigenvalue weighted by molar-refractivity contribution is -0.179. The highest BCUT2D eigenvalue weighted by Crippen LogP contribution is 2.50. The van der Waals surface area contributed by atoms with Crippen LogP contribution in [0.25, 0.3) is 0 Å². The maximum atomic E-state index is 13.4. The van der Waals surface area contributed by atoms with Crippen LogP contribution in [0.1, 0.15) is 46.1 Å². The molecular formula is C20H32ClFN2O2. The van der Waals surface area contributed by atoms with Crippen LogP contribution < -0.4 is 5.73 Å². The van der Waals surface area contributed by atoms with Crippen molar-refractivity contribution in [2.45, 2.75) is 58.6 Å². The van der Waals surface area contributed by atoms with Gasteiger partial charge in [0.2, 0.25) is 5.91 Å². The molecule has 4 nitrogen and oxygen atoms in total. The summed E-state index contributed by atoms with van der Waals surface area (Å²) in [4.78, 5) is 15.0. The zero-order chi connectivity index (χ0) is 18.7. The Bertz CT molecular complexity index is 611. The van der Waals surface area contributed by atoms with E-state index in [4.69, 9.17) is 10.5 Å². The molecule has 2 N–H and O–H groups in total. The quantitative estimate of drug-likeness (QED) is 0.743. The van der Waals surface area contributed by atoms with Crippen molar-refractivity contribution in [3.05, 3.63) is 35.6 Å². The summed E-state index contributed by atoms with van der Waals surface area (Å²) in [6.45, 7) is 9.83. The van der Waals surface area contributed by atoms with E-state index in [1.807, 2.05) is 38.7 Å². The lowest BCUT2D eigenvalue weighted by atomic mass is 9.54. The Balaban J connectivity index is 0.00000338. The van der Waals surface area contributed by atoms with Gasteiger partial charge in [0.1, 0.15) is 11.4 Å². The lowest BCUT2D eigenvalue weighted by Gasteiger charge is -2.58. The molecule has 2 rings (SSSR count). The van der Waals surface area contributed by atoms with Crippen molar-refractivity contribution in [2.24, 2.45) is 11.1 Å². The van der Waals surface area contributed by atoms with Crippen molar-refractivity contribution in [3.63, 3.8) is 0 Å². The Morgan fingerprint density at radius 2 is 2.04 bits per heavy atom. The van der Waals surface area contributed by atoms with Gasteiger partial charge in [0.15, 0.2) is 0 Å². The Hall–Kier alpha value is -1.17. The minimum absolute atomic E-state index is 0. The average molecular weight is 387 g/mol. The highest BCUT2D eigenvalue weighted by atomic mass is 35.5. The molecule has 1 saturated carbocycles. The number of benzene rings is 1. The number of amides is 1. The number of ether oxygens (including phenoxy) is 1. The molecular weight excluding hydrogens is 355 g/mol. The zero-order valence-corrected chi connectivity index (χ0v) is 17.1. The number of rotatable bonds is 8. The summed E-state index contributed by atoms with van der Waals surface area (Å²) >= 11 is 0. The summed E-state index contributed by atoms with van der Waals surface area (Å²) in [6.07, 6.45) is 2.04. The fourth-order valence-electron chi connectivity index (χ4n) is 3.62. The number of carbonyl (C=O) groups is 1. The predicted molar refractivity (Wildman–Crippen MR) is 105 cm³/mol. The molecule has 1 fully saturated rings. The van der Waals surface area contributed by atoms with Gasteiger partial charge in [-0.15, -0.1) is 12.4 Å². The first-order valence-electron chi connectivity index (χ1n) is 9.20. The smallest absolute Gasteiger partial charge is 0.243 e. The average Bonchev–Trinajstić information content (AvgIpc) is 2.57. The molecule has 0 saturated heterocycles. The highest BCUT2D eigenvalue weighted by molar-refractivity contribution is 5.89. The van der Waals surface area contributed by atoms with Crippen molar-refractivity contribution in [2.75, 3.05) is 19.7 Å². The summed E-state index contributed by atoms with van der Waals surface area (Å²) in [6, 6.07) is 6.53. The third kappa shape index (κ3) is 4.38. The maximum absolute atomic E-state index is 13.4. The Labute approximate surface area is 162 Å². The maximum Gasteiger partial charge on any atom is 0.243 e. The van der Waals surface area contributed by atoms with Crippen LogP contribution in [-0.2, 0) is 16.0 Å². The van der Waals surface area contributed by atoms with Crippen LogP contribution in [0.15, 0.2) is 24.3 Å². The number of halogens is 2. The second-order valence-electron chi connectivity index (χ2n) is 7.51. The van der Waals surface area contributed by atoms with E-state index in [0.29, 0.717) is 32.5 Å². The molecule has 2 unspecified atom stereocenters. The molecule has 1 aliphatic carbocycles. The molecule has 26 heavy (non-hydrogen) atoms. The van der Waals surface area contributed by atoms with Gasteiger partial charge in [-0.05, 0) is 37.5 Å². The van der Waals surface area contributed by atoms with Gasteiger partial charge in [-0.1, -0.05) is 32.9 Å². The van der Waals surface area contributed by atoms with Crippen molar-refractivity contribution >= 4 is 18.3 Å². The number of nitrogens with zero attached hydrogens (tertiary/aromatic N) is 1. The summed E-state index contributed by atoms with van der Waals surface area (Å²) in [7, 11) is 0. The number of hydrogen-bond donors (Lipinski definition) is 1. The minimum Gasteiger partial charge on any atom is -0.378 e. The first-order valence-corrected chi connectivity index (χ1v) is 9.20. The predicted octanol–water partition coefficient (Wildman–Crippen LogP) is 3.56. The van der Waals surface area contributed by atoms with Crippen molar-refractivity contribution < 1.29 is 13.9 Å². The van der Waals surface area contributed by atoms with Gasteiger partial charge in [-0.3, -0.25) is 4.79 Å². The summed E-state index contributed by atoms with van der Waals surface area (Å²) in [5.74, 6) is -0.271. The SMILES string of the molecule is CCCN(CCc1cccc(F)c1)C(=O)C1(N)CC(OCC)C1(C)C.Cl. The van der Waals surface area contributed by atoms with Crippen LogP contribution in [-0.4, -0.2) is 42.1 Å². The standard InChI is InChI=1S/C20H31FN2O2.ClH/c1-5-11-23(12-10-15-8-7-9-16(21)13-15)18(24)20(22)14-17(25-6-2)19(20,3)4;/h7-9,13,17H,5-6,10-12,14,22H2,1-4H3;1H. The zero-order valence-electron chi connectivity index (χ0n) is 16.3. The molecule has 0 spiro atoms. The fourth-order valence-corrected chi connectivity index (χ4v) is 3.62. The van der Waals surface area contributed by atoms with E-state index < -0.39 is 11.0 Å². The Morgan fingerprint density at radius 1 is 1.35 bits per heavy atom. The molecule has 0 heterocycles. The number of hydrogen-bond acceptors (Lipinski definition) is 3. The molecule has 1 aliphatic rings. The third-order valence-electron chi connectivity index (χ3n) is 5.55. The third-order valence-corrected chi connectivity index (χ3v) is 5.55. The van der Waals surface area contributed by atoms with Crippen molar-refractivity contribution in [1.29, 1.82) is 0 Å². The Morgan fingerprint density at radius 3 is 2.58 bits per heavy atom. The van der Waals surface area contributed by atoms with Gasteiger partial charge in [0.05, 0.1) is 6.10 Å². The van der Waals surface area contributed by atoms with Crippen LogP contribution in [0.4, 0.5) is 4.39 Å². The molecule has 148 valence electrons. The van der Waals surface area contributed by atoms with E-state index >= 15 is 0 Å². The Kier molecular flexibility index (Phi) is 8.05. The van der Waals surface area contributed by atoms with Gasteiger partial charge in [0.25, 0.3) is 0 Å². The fraction of sp³-hybridized carbons (Fsp3) is 0.650. The lowest BCUT2D eigenvalue weighted by Crippen LogP contribution is -2.76. The topological polar surface area (TPSA) is 55.6 Å². The van der Waals surface area contributed by atoms with E-state index in [1.54, 1.807) is 6.07 Å². The molecule has 6 heteroatoms. The molecule has 0 radical (unpaired) electrons. The van der Waals surface area contributed by atoms with Gasteiger partial charge < -0.3 is 15.4 Å². The van der Waals surface area contributed by atoms with Crippen molar-refractivity contribution in [3.8, 4) is 0 Å². The molecule has 2 atom stereocenters. The summed E-state index contributed by atoms with van der Waals surface area (Å²) in [5, 5.41) is 0. The molecule has 0 aromatic heterocycles. The van der Waals surface area contributed by atoms with E-state index in [-0.39, 0.29) is 30.2 Å². The summed E-state index contributed by atoms with van der Waals surface area (Å²) < 4.78 is 19.1. The van der Waals surface area contributed by atoms with E-state index in [1.165, 1.54) is 12.1 Å². The first kappa shape index (κ1) is 22.9. The van der Waals surface area contributed by atoms with Gasteiger partial charge in [-0.2, -0.15) is 0 Å². The highest BCUT2D eigenvalue weighted by Gasteiger charge is 2.63. The summed E-state index contributed by atoms with van der Waals surface area (Å²) in [5.41, 5.74) is 6.13. The molecule has 0 aliphatic heterocycles. The normalized spacial score (nSPS) is 23.7. The molecule has 0 bridgehead atoms. The first-order chi connectivity index (χ1) is 11.8. The molecule has 1 aromatic carbocycles. The van der Waals surface area contributed by atoms with Gasteiger partial charge >= 0.3 is 0 Å². The van der Waals surface area contributed by atoms with E-state index in [0.717, 1.165) is 12.0 Å². The molecule has 1 aromatic rings. The van der Waals surface area contributed by atoms with Crippen LogP contribution >= 0.6 is 12.4 Å². The second-order valence-corrected chi connectivity index (χ2v) is 7.51. The largest absolute Gasteiger partial charge is 0.378 e. The van der Waals surface area contributed by atoms with Crippen LogP contribution in [0, 0.1) is 11.2 Å². The van der Waals surface area contributed by atoms with E-state index in [2.05, 4.69) is 0 Å². The van der Waals surface area contributed by atoms with Gasteiger partial charge in [0, 0.05) is 31.5 Å². The minimum atomic E-state index is -0.899.